The maximum absolute atomic E-state index is 12.1. The van der Waals surface area contributed by atoms with E-state index in [1.165, 1.54) is 11.3 Å². The van der Waals surface area contributed by atoms with Gasteiger partial charge >= 0.3 is 0 Å². The van der Waals surface area contributed by atoms with Crippen LogP contribution in [0.5, 0.6) is 0 Å². The molecule has 2 rings (SSSR count). The van der Waals surface area contributed by atoms with Gasteiger partial charge in [0.15, 0.2) is 5.13 Å². The maximum atomic E-state index is 12.1. The Morgan fingerprint density at radius 1 is 1.58 bits per heavy atom. The van der Waals surface area contributed by atoms with Crippen molar-refractivity contribution in [2.24, 2.45) is 5.92 Å². The molecule has 19 heavy (non-hydrogen) atoms. The fourth-order valence-electron chi connectivity index (χ4n) is 1.62. The lowest BCUT2D eigenvalue weighted by atomic mass is 10.1. The molecule has 1 heterocycles. The van der Waals surface area contributed by atoms with E-state index in [2.05, 4.69) is 15.6 Å². The summed E-state index contributed by atoms with van der Waals surface area (Å²) in [7, 11) is 0. The summed E-state index contributed by atoms with van der Waals surface area (Å²) in [4.78, 5) is 16.7. The van der Waals surface area contributed by atoms with Crippen LogP contribution in [0.1, 0.15) is 36.4 Å². The zero-order chi connectivity index (χ0) is 14.0. The number of carbonyl (C=O) groups is 1. The molecule has 1 aromatic rings. The van der Waals surface area contributed by atoms with Crippen LogP contribution >= 0.6 is 11.3 Å². The van der Waals surface area contributed by atoms with E-state index in [0.29, 0.717) is 16.1 Å². The van der Waals surface area contributed by atoms with E-state index in [-0.39, 0.29) is 30.3 Å². The van der Waals surface area contributed by atoms with E-state index in [4.69, 9.17) is 5.73 Å². The largest absolute Gasteiger partial charge is 0.394 e. The molecule has 1 unspecified atom stereocenters. The predicted octanol–water partition coefficient (Wildman–Crippen LogP) is 1.05. The predicted molar refractivity (Wildman–Crippen MR) is 76.3 cm³/mol. The van der Waals surface area contributed by atoms with Gasteiger partial charge in [0, 0.05) is 6.04 Å². The van der Waals surface area contributed by atoms with Crippen molar-refractivity contribution >= 4 is 28.2 Å². The smallest absolute Gasteiger partial charge is 0.265 e. The number of anilines is 2. The second kappa shape index (κ2) is 5.75. The minimum absolute atomic E-state index is 0.0880. The number of nitrogens with one attached hydrogen (secondary N) is 2. The number of aromatic nitrogens is 1. The van der Waals surface area contributed by atoms with E-state index >= 15 is 0 Å². The monoisotopic (exact) mass is 284 g/mol. The molecule has 0 aliphatic heterocycles. The van der Waals surface area contributed by atoms with Gasteiger partial charge in [0.1, 0.15) is 10.7 Å². The van der Waals surface area contributed by atoms with Crippen molar-refractivity contribution in [2.45, 2.75) is 38.8 Å². The Morgan fingerprint density at radius 2 is 2.26 bits per heavy atom. The number of amides is 1. The maximum Gasteiger partial charge on any atom is 0.265 e. The van der Waals surface area contributed by atoms with Crippen LogP contribution in [-0.2, 0) is 0 Å². The Morgan fingerprint density at radius 3 is 2.79 bits per heavy atom. The van der Waals surface area contributed by atoms with Gasteiger partial charge in [0.25, 0.3) is 5.91 Å². The molecule has 1 atom stereocenters. The third-order valence-corrected chi connectivity index (χ3v) is 4.08. The fourth-order valence-corrected chi connectivity index (χ4v) is 2.48. The van der Waals surface area contributed by atoms with Crippen LogP contribution in [0.3, 0.4) is 0 Å². The number of hydrogen-bond acceptors (Lipinski definition) is 6. The Balaban J connectivity index is 2.03. The van der Waals surface area contributed by atoms with Crippen molar-refractivity contribution in [3.8, 4) is 0 Å². The highest BCUT2D eigenvalue weighted by atomic mass is 32.1. The van der Waals surface area contributed by atoms with Crippen LogP contribution in [0, 0.1) is 5.92 Å². The number of carbonyl (C=O) groups excluding carboxylic acids is 1. The van der Waals surface area contributed by atoms with Crippen molar-refractivity contribution in [1.82, 2.24) is 10.3 Å². The van der Waals surface area contributed by atoms with Crippen LogP contribution < -0.4 is 16.4 Å². The van der Waals surface area contributed by atoms with E-state index in [1.807, 2.05) is 13.8 Å². The first-order valence-corrected chi connectivity index (χ1v) is 7.27. The van der Waals surface area contributed by atoms with E-state index in [1.54, 1.807) is 0 Å². The van der Waals surface area contributed by atoms with Gasteiger partial charge in [0.05, 0.1) is 12.6 Å². The highest BCUT2D eigenvalue weighted by Crippen LogP contribution is 2.30. The highest BCUT2D eigenvalue weighted by Gasteiger charge is 2.25. The van der Waals surface area contributed by atoms with Gasteiger partial charge < -0.3 is 21.5 Å². The van der Waals surface area contributed by atoms with Crippen LogP contribution in [0.4, 0.5) is 10.9 Å². The molecule has 1 fully saturated rings. The third kappa shape index (κ3) is 3.57. The zero-order valence-electron chi connectivity index (χ0n) is 11.1. The Hall–Kier alpha value is -1.34. The molecule has 1 aliphatic carbocycles. The van der Waals surface area contributed by atoms with Crippen LogP contribution in [0.2, 0.25) is 0 Å². The third-order valence-electron chi connectivity index (χ3n) is 3.08. The number of hydrogen-bond donors (Lipinski definition) is 4. The van der Waals surface area contributed by atoms with Crippen molar-refractivity contribution in [1.29, 1.82) is 0 Å². The quantitative estimate of drug-likeness (QED) is 0.625. The molecule has 106 valence electrons. The van der Waals surface area contributed by atoms with Crippen molar-refractivity contribution in [3.05, 3.63) is 4.88 Å². The number of aliphatic hydroxyl groups excluding tert-OH is 1. The topological polar surface area (TPSA) is 100 Å². The van der Waals surface area contributed by atoms with E-state index in [9.17, 15) is 9.90 Å². The Labute approximate surface area is 116 Å². The average molecular weight is 284 g/mol. The van der Waals surface area contributed by atoms with Crippen LogP contribution in [0.25, 0.3) is 0 Å². The summed E-state index contributed by atoms with van der Waals surface area (Å²) < 4.78 is 0. The SMILES string of the molecule is CC(C)C(CO)NC(=O)c1sc(NC2CC2)nc1N. The molecule has 7 heteroatoms. The van der Waals surface area contributed by atoms with E-state index in [0.717, 1.165) is 12.8 Å². The number of thiazole rings is 1. The van der Waals surface area contributed by atoms with Gasteiger partial charge in [-0.3, -0.25) is 4.79 Å². The summed E-state index contributed by atoms with van der Waals surface area (Å²) in [5, 5.41) is 15.9. The molecule has 1 aromatic heterocycles. The summed E-state index contributed by atoms with van der Waals surface area (Å²) in [6, 6.07) is 0.205. The van der Waals surface area contributed by atoms with Crippen molar-refractivity contribution < 1.29 is 9.90 Å². The average Bonchev–Trinajstić information content (AvgIpc) is 3.08. The highest BCUT2D eigenvalue weighted by molar-refractivity contribution is 7.18. The van der Waals surface area contributed by atoms with Crippen LogP contribution in [-0.4, -0.2) is 34.7 Å². The molecule has 1 amide bonds. The molecular formula is C12H20N4O2S. The lowest BCUT2D eigenvalue weighted by molar-refractivity contribution is 0.0901. The molecule has 1 aliphatic rings. The number of nitrogens with two attached hydrogens (primary N) is 1. The lowest BCUT2D eigenvalue weighted by Gasteiger charge is -2.19. The molecule has 6 nitrogen and oxygen atoms in total. The molecule has 0 radical (unpaired) electrons. The van der Waals surface area contributed by atoms with Gasteiger partial charge in [-0.2, -0.15) is 0 Å². The Bertz CT molecular complexity index is 457. The van der Waals surface area contributed by atoms with Gasteiger partial charge in [0.2, 0.25) is 0 Å². The summed E-state index contributed by atoms with van der Waals surface area (Å²) in [5.74, 6) is 0.129. The van der Waals surface area contributed by atoms with Gasteiger partial charge in [-0.05, 0) is 18.8 Å². The van der Waals surface area contributed by atoms with Crippen molar-refractivity contribution in [3.63, 3.8) is 0 Å². The minimum Gasteiger partial charge on any atom is -0.394 e. The lowest BCUT2D eigenvalue weighted by Crippen LogP contribution is -2.41. The fraction of sp³-hybridized carbons (Fsp3) is 0.667. The van der Waals surface area contributed by atoms with Crippen molar-refractivity contribution in [2.75, 3.05) is 17.7 Å². The second-order valence-electron chi connectivity index (χ2n) is 5.16. The molecular weight excluding hydrogens is 264 g/mol. The van der Waals surface area contributed by atoms with Crippen LogP contribution in [0.15, 0.2) is 0 Å². The number of aliphatic hydroxyl groups is 1. The first-order chi connectivity index (χ1) is 9.01. The summed E-state index contributed by atoms with van der Waals surface area (Å²) in [6.45, 7) is 3.80. The molecule has 0 bridgehead atoms. The molecule has 1 saturated carbocycles. The Kier molecular flexibility index (Phi) is 4.26. The van der Waals surface area contributed by atoms with Gasteiger partial charge in [-0.15, -0.1) is 0 Å². The van der Waals surface area contributed by atoms with Gasteiger partial charge in [-0.25, -0.2) is 4.98 Å². The number of nitrogen functional groups attached to an aromatic ring is 1. The minimum atomic E-state index is -0.272. The normalized spacial score (nSPS) is 16.4. The molecule has 0 spiro atoms. The summed E-state index contributed by atoms with van der Waals surface area (Å²) >= 11 is 1.26. The summed E-state index contributed by atoms with van der Waals surface area (Å²) in [5.41, 5.74) is 5.77. The summed E-state index contributed by atoms with van der Waals surface area (Å²) in [6.07, 6.45) is 2.28. The van der Waals surface area contributed by atoms with Gasteiger partial charge in [-0.1, -0.05) is 25.2 Å². The van der Waals surface area contributed by atoms with E-state index < -0.39 is 0 Å². The number of nitrogens with zero attached hydrogens (tertiary/aromatic N) is 1. The first-order valence-electron chi connectivity index (χ1n) is 6.45. The molecule has 0 aromatic carbocycles. The second-order valence-corrected chi connectivity index (χ2v) is 6.16. The standard InChI is InChI=1S/C12H20N4O2S/c1-6(2)8(5-17)15-11(18)9-10(13)16-12(19-9)14-7-3-4-7/h6-8,17H,3-5,13H2,1-2H3,(H,14,16)(H,15,18). The number of rotatable bonds is 6. The molecule has 0 saturated heterocycles. The zero-order valence-corrected chi connectivity index (χ0v) is 12.0. The first kappa shape index (κ1) is 14.1. The molecule has 5 N–H and O–H groups in total.